The highest BCUT2D eigenvalue weighted by atomic mass is 32.1. The van der Waals surface area contributed by atoms with Crippen LogP contribution in [0.25, 0.3) is 10.1 Å². The molecule has 2 nitrogen and oxygen atoms in total. The van der Waals surface area contributed by atoms with Gasteiger partial charge in [-0.2, -0.15) is 0 Å². The molecule has 1 heterocycles. The van der Waals surface area contributed by atoms with E-state index in [1.54, 1.807) is 17.4 Å². The number of benzene rings is 2. The predicted molar refractivity (Wildman–Crippen MR) is 86.7 cm³/mol. The normalized spacial score (nSPS) is 12.7. The van der Waals surface area contributed by atoms with Gasteiger partial charge in [0.1, 0.15) is 5.82 Å². The molecule has 0 fully saturated rings. The summed E-state index contributed by atoms with van der Waals surface area (Å²) in [4.78, 5) is 1.13. The van der Waals surface area contributed by atoms with Gasteiger partial charge in [0.25, 0.3) is 0 Å². The highest BCUT2D eigenvalue weighted by Crippen LogP contribution is 2.32. The molecule has 0 aliphatic rings. The Hall–Kier alpha value is -1.75. The zero-order valence-electron chi connectivity index (χ0n) is 11.8. The summed E-state index contributed by atoms with van der Waals surface area (Å²) in [5, 5.41) is 1.06. The smallest absolute Gasteiger partial charge is 0.124 e. The molecule has 3 rings (SSSR count). The Balaban J connectivity index is 1.93. The van der Waals surface area contributed by atoms with E-state index in [1.165, 1.54) is 17.2 Å². The van der Waals surface area contributed by atoms with Gasteiger partial charge in [0.05, 0.1) is 6.04 Å². The fourth-order valence-corrected chi connectivity index (χ4v) is 3.65. The zero-order chi connectivity index (χ0) is 14.8. The van der Waals surface area contributed by atoms with E-state index in [9.17, 15) is 4.39 Å². The first kappa shape index (κ1) is 14.2. The Bertz CT molecular complexity index is 766. The standard InChI is InChI=1S/C17H17FN2S/c1-11-4-2-3-5-12(11)8-15(20-19)17-9-13-6-7-14(18)10-16(13)21-17/h2-7,9-10,15,20H,8,19H2,1H3. The SMILES string of the molecule is Cc1ccccc1CC(NN)c1cc2ccc(F)cc2s1. The second kappa shape index (κ2) is 5.93. The maximum absolute atomic E-state index is 13.3. The molecule has 0 saturated carbocycles. The van der Waals surface area contributed by atoms with Gasteiger partial charge < -0.3 is 0 Å². The first-order valence-corrected chi connectivity index (χ1v) is 7.68. The third-order valence-electron chi connectivity index (χ3n) is 3.73. The molecule has 0 aliphatic heterocycles. The van der Waals surface area contributed by atoms with E-state index < -0.39 is 0 Å². The van der Waals surface area contributed by atoms with Crippen molar-refractivity contribution in [3.8, 4) is 0 Å². The topological polar surface area (TPSA) is 38.0 Å². The molecule has 2 aromatic carbocycles. The number of halogens is 1. The molecule has 1 atom stereocenters. The largest absolute Gasteiger partial charge is 0.271 e. The van der Waals surface area contributed by atoms with Crippen LogP contribution < -0.4 is 11.3 Å². The summed E-state index contributed by atoms with van der Waals surface area (Å²) in [5.74, 6) is 5.54. The van der Waals surface area contributed by atoms with Crippen LogP contribution in [0.3, 0.4) is 0 Å². The Morgan fingerprint density at radius 3 is 2.76 bits per heavy atom. The number of thiophene rings is 1. The van der Waals surface area contributed by atoms with Crippen LogP contribution >= 0.6 is 11.3 Å². The van der Waals surface area contributed by atoms with Crippen LogP contribution in [-0.2, 0) is 6.42 Å². The number of nitrogens with one attached hydrogen (secondary N) is 1. The van der Waals surface area contributed by atoms with Crippen LogP contribution in [0.2, 0.25) is 0 Å². The van der Waals surface area contributed by atoms with Gasteiger partial charge in [-0.05, 0) is 48.1 Å². The van der Waals surface area contributed by atoms with Gasteiger partial charge in [0.15, 0.2) is 0 Å². The minimum atomic E-state index is -0.202. The fraction of sp³-hybridized carbons (Fsp3) is 0.176. The number of aryl methyl sites for hydroxylation is 1. The highest BCUT2D eigenvalue weighted by molar-refractivity contribution is 7.19. The minimum absolute atomic E-state index is 0.0339. The number of nitrogens with two attached hydrogens (primary N) is 1. The lowest BCUT2D eigenvalue weighted by Gasteiger charge is -2.15. The zero-order valence-corrected chi connectivity index (χ0v) is 12.6. The first-order chi connectivity index (χ1) is 10.2. The summed E-state index contributed by atoms with van der Waals surface area (Å²) in [6.07, 6.45) is 0.818. The minimum Gasteiger partial charge on any atom is -0.271 e. The highest BCUT2D eigenvalue weighted by Gasteiger charge is 2.15. The molecule has 0 radical (unpaired) electrons. The molecule has 21 heavy (non-hydrogen) atoms. The van der Waals surface area contributed by atoms with Gasteiger partial charge in [-0.15, -0.1) is 11.3 Å². The lowest BCUT2D eigenvalue weighted by atomic mass is 10.0. The average molecular weight is 300 g/mol. The quantitative estimate of drug-likeness (QED) is 0.562. The van der Waals surface area contributed by atoms with Crippen molar-refractivity contribution in [3.63, 3.8) is 0 Å². The van der Waals surface area contributed by atoms with Crippen molar-refractivity contribution < 1.29 is 4.39 Å². The number of hydrazine groups is 1. The molecule has 1 aromatic heterocycles. The Morgan fingerprint density at radius 1 is 1.19 bits per heavy atom. The van der Waals surface area contributed by atoms with E-state index in [2.05, 4.69) is 30.5 Å². The lowest BCUT2D eigenvalue weighted by molar-refractivity contribution is 0.560. The molecule has 1 unspecified atom stereocenters. The van der Waals surface area contributed by atoms with E-state index in [0.717, 1.165) is 21.4 Å². The van der Waals surface area contributed by atoms with E-state index >= 15 is 0 Å². The summed E-state index contributed by atoms with van der Waals surface area (Å²) < 4.78 is 14.2. The monoisotopic (exact) mass is 300 g/mol. The molecule has 0 spiro atoms. The molecule has 3 N–H and O–H groups in total. The van der Waals surface area contributed by atoms with Crippen molar-refractivity contribution in [1.82, 2.24) is 5.43 Å². The van der Waals surface area contributed by atoms with Crippen LogP contribution in [0.1, 0.15) is 22.0 Å². The molecule has 0 amide bonds. The van der Waals surface area contributed by atoms with E-state index in [0.29, 0.717) is 0 Å². The Morgan fingerprint density at radius 2 is 2.00 bits per heavy atom. The van der Waals surface area contributed by atoms with E-state index in [4.69, 9.17) is 5.84 Å². The fourth-order valence-electron chi connectivity index (χ4n) is 2.50. The van der Waals surface area contributed by atoms with Gasteiger partial charge in [-0.1, -0.05) is 30.3 Å². The maximum atomic E-state index is 13.3. The number of hydrogen-bond acceptors (Lipinski definition) is 3. The van der Waals surface area contributed by atoms with Crippen molar-refractivity contribution in [2.45, 2.75) is 19.4 Å². The lowest BCUT2D eigenvalue weighted by Crippen LogP contribution is -2.29. The van der Waals surface area contributed by atoms with Crippen molar-refractivity contribution in [2.75, 3.05) is 0 Å². The second-order valence-corrected chi connectivity index (χ2v) is 6.30. The van der Waals surface area contributed by atoms with Crippen molar-refractivity contribution in [3.05, 3.63) is 70.4 Å². The molecule has 4 heteroatoms. The molecule has 108 valence electrons. The number of hydrogen-bond donors (Lipinski definition) is 2. The average Bonchev–Trinajstić information content (AvgIpc) is 2.89. The molecular weight excluding hydrogens is 283 g/mol. The van der Waals surface area contributed by atoms with Crippen molar-refractivity contribution in [1.29, 1.82) is 0 Å². The number of rotatable bonds is 4. The van der Waals surface area contributed by atoms with E-state index in [1.807, 2.05) is 18.2 Å². The van der Waals surface area contributed by atoms with Gasteiger partial charge in [-0.3, -0.25) is 11.3 Å². The predicted octanol–water partition coefficient (Wildman–Crippen LogP) is 4.10. The molecule has 0 bridgehead atoms. The van der Waals surface area contributed by atoms with Crippen LogP contribution in [0, 0.1) is 12.7 Å². The summed E-state index contributed by atoms with van der Waals surface area (Å²) >= 11 is 1.59. The van der Waals surface area contributed by atoms with Crippen molar-refractivity contribution in [2.24, 2.45) is 5.84 Å². The van der Waals surface area contributed by atoms with Crippen LogP contribution in [0.5, 0.6) is 0 Å². The number of fused-ring (bicyclic) bond motifs is 1. The molecular formula is C17H17FN2S. The summed E-state index contributed by atoms with van der Waals surface area (Å²) in [6.45, 7) is 2.10. The van der Waals surface area contributed by atoms with Crippen molar-refractivity contribution >= 4 is 21.4 Å². The Labute approximate surface area is 127 Å². The van der Waals surface area contributed by atoms with Gasteiger partial charge >= 0.3 is 0 Å². The summed E-state index contributed by atoms with van der Waals surface area (Å²) in [7, 11) is 0. The third kappa shape index (κ3) is 2.97. The Kier molecular flexibility index (Phi) is 4.01. The van der Waals surface area contributed by atoms with Gasteiger partial charge in [0.2, 0.25) is 0 Å². The summed E-state index contributed by atoms with van der Waals surface area (Å²) in [6, 6.07) is 15.3. The maximum Gasteiger partial charge on any atom is 0.124 e. The molecule has 3 aromatic rings. The second-order valence-electron chi connectivity index (χ2n) is 5.18. The molecule has 0 aliphatic carbocycles. The van der Waals surface area contributed by atoms with Crippen LogP contribution in [0.15, 0.2) is 48.5 Å². The van der Waals surface area contributed by atoms with Crippen LogP contribution in [0.4, 0.5) is 4.39 Å². The summed E-state index contributed by atoms with van der Waals surface area (Å²) in [5.41, 5.74) is 5.41. The van der Waals surface area contributed by atoms with Gasteiger partial charge in [0, 0.05) is 9.58 Å². The van der Waals surface area contributed by atoms with Gasteiger partial charge in [-0.25, -0.2) is 4.39 Å². The van der Waals surface area contributed by atoms with Crippen LogP contribution in [-0.4, -0.2) is 0 Å². The van der Waals surface area contributed by atoms with E-state index in [-0.39, 0.29) is 11.9 Å². The third-order valence-corrected chi connectivity index (χ3v) is 4.94. The first-order valence-electron chi connectivity index (χ1n) is 6.87. The molecule has 0 saturated heterocycles.